The normalized spacial score (nSPS) is 16.0. The molecule has 6 heteroatoms. The lowest BCUT2D eigenvalue weighted by Crippen LogP contribution is -2.53. The summed E-state index contributed by atoms with van der Waals surface area (Å²) < 4.78 is 5.26. The zero-order valence-corrected chi connectivity index (χ0v) is 18.4. The SMILES string of the molecule is COC[C@@H]1CCN1C(=O)c1cc2c(C)c(C)[nH]c2c(NCc2c(C)cccc2C)n1. The summed E-state index contributed by atoms with van der Waals surface area (Å²) in [5.41, 5.74) is 7.41. The zero-order chi connectivity index (χ0) is 21.4. The van der Waals surface area contributed by atoms with Crippen LogP contribution in [-0.2, 0) is 11.3 Å². The number of hydrogen-bond acceptors (Lipinski definition) is 4. The first-order valence-corrected chi connectivity index (χ1v) is 10.5. The number of pyridine rings is 1. The third-order valence-corrected chi connectivity index (χ3v) is 6.36. The Hall–Kier alpha value is -2.86. The third-order valence-electron chi connectivity index (χ3n) is 6.36. The number of nitrogens with one attached hydrogen (secondary N) is 2. The Kier molecular flexibility index (Phi) is 5.52. The summed E-state index contributed by atoms with van der Waals surface area (Å²) in [4.78, 5) is 23.2. The van der Waals surface area contributed by atoms with Gasteiger partial charge in [-0.15, -0.1) is 0 Å². The number of anilines is 1. The second-order valence-corrected chi connectivity index (χ2v) is 8.27. The average molecular weight is 407 g/mol. The number of likely N-dealkylation sites (tertiary alicyclic amines) is 1. The van der Waals surface area contributed by atoms with E-state index in [-0.39, 0.29) is 11.9 Å². The van der Waals surface area contributed by atoms with E-state index >= 15 is 0 Å². The first-order valence-electron chi connectivity index (χ1n) is 10.5. The van der Waals surface area contributed by atoms with E-state index in [0.717, 1.165) is 40.9 Å². The average Bonchev–Trinajstić information content (AvgIpc) is 2.99. The first-order chi connectivity index (χ1) is 14.4. The summed E-state index contributed by atoms with van der Waals surface area (Å²) in [5, 5.41) is 4.54. The van der Waals surface area contributed by atoms with Crippen molar-refractivity contribution in [2.75, 3.05) is 25.6 Å². The van der Waals surface area contributed by atoms with Crippen molar-refractivity contribution in [2.45, 2.75) is 46.7 Å². The molecule has 3 heterocycles. The highest BCUT2D eigenvalue weighted by molar-refractivity contribution is 6.01. The van der Waals surface area contributed by atoms with Crippen LogP contribution in [0, 0.1) is 27.7 Å². The molecular formula is C24H30N4O2. The van der Waals surface area contributed by atoms with Crippen LogP contribution in [0.15, 0.2) is 24.3 Å². The molecule has 6 nitrogen and oxygen atoms in total. The van der Waals surface area contributed by atoms with Gasteiger partial charge in [0.1, 0.15) is 5.69 Å². The highest BCUT2D eigenvalue weighted by Crippen LogP contribution is 2.30. The van der Waals surface area contributed by atoms with Crippen molar-refractivity contribution in [3.8, 4) is 0 Å². The molecule has 158 valence electrons. The van der Waals surface area contributed by atoms with E-state index in [1.54, 1.807) is 7.11 Å². The minimum atomic E-state index is -0.0291. The largest absolute Gasteiger partial charge is 0.383 e. The molecular weight excluding hydrogens is 376 g/mol. The quantitative estimate of drug-likeness (QED) is 0.641. The number of benzene rings is 1. The lowest BCUT2D eigenvalue weighted by atomic mass is 10.0. The number of fused-ring (bicyclic) bond motifs is 1. The predicted octanol–water partition coefficient (Wildman–Crippen LogP) is 4.27. The van der Waals surface area contributed by atoms with E-state index in [0.29, 0.717) is 18.8 Å². The van der Waals surface area contributed by atoms with Gasteiger partial charge in [0.25, 0.3) is 5.91 Å². The summed E-state index contributed by atoms with van der Waals surface area (Å²) in [7, 11) is 1.67. The Morgan fingerprint density at radius 3 is 2.63 bits per heavy atom. The summed E-state index contributed by atoms with van der Waals surface area (Å²) in [6, 6.07) is 8.37. The molecule has 2 aromatic heterocycles. The molecule has 30 heavy (non-hydrogen) atoms. The number of aromatic amines is 1. The third kappa shape index (κ3) is 3.56. The molecule has 0 aliphatic carbocycles. The van der Waals surface area contributed by atoms with Crippen molar-refractivity contribution >= 4 is 22.6 Å². The number of amides is 1. The van der Waals surface area contributed by atoms with Crippen molar-refractivity contribution in [1.29, 1.82) is 0 Å². The number of aryl methyl sites for hydroxylation is 4. The number of nitrogens with zero attached hydrogens (tertiary/aromatic N) is 2. The van der Waals surface area contributed by atoms with Gasteiger partial charge in [0, 0.05) is 31.3 Å². The molecule has 0 saturated carbocycles. The molecule has 0 radical (unpaired) electrons. The summed E-state index contributed by atoms with van der Waals surface area (Å²) in [5.74, 6) is 0.692. The van der Waals surface area contributed by atoms with Crippen molar-refractivity contribution in [1.82, 2.24) is 14.9 Å². The van der Waals surface area contributed by atoms with Crippen molar-refractivity contribution in [3.05, 3.63) is 57.9 Å². The van der Waals surface area contributed by atoms with E-state index in [2.05, 4.69) is 56.2 Å². The minimum absolute atomic E-state index is 0.0291. The fourth-order valence-electron chi connectivity index (χ4n) is 4.21. The minimum Gasteiger partial charge on any atom is -0.383 e. The Labute approximate surface area is 177 Å². The monoisotopic (exact) mass is 406 g/mol. The molecule has 1 aliphatic heterocycles. The van der Waals surface area contributed by atoms with Gasteiger partial charge in [0.2, 0.25) is 0 Å². The number of methoxy groups -OCH3 is 1. The molecule has 2 N–H and O–H groups in total. The highest BCUT2D eigenvalue weighted by atomic mass is 16.5. The fourth-order valence-corrected chi connectivity index (χ4v) is 4.21. The number of carbonyl (C=O) groups is 1. The molecule has 1 atom stereocenters. The maximum Gasteiger partial charge on any atom is 0.272 e. The van der Waals surface area contributed by atoms with Gasteiger partial charge in [0.05, 0.1) is 18.2 Å². The van der Waals surface area contributed by atoms with Gasteiger partial charge >= 0.3 is 0 Å². The van der Waals surface area contributed by atoms with Gasteiger partial charge in [-0.3, -0.25) is 4.79 Å². The van der Waals surface area contributed by atoms with E-state index in [1.807, 2.05) is 11.0 Å². The summed E-state index contributed by atoms with van der Waals surface area (Å²) >= 11 is 0. The van der Waals surface area contributed by atoms with Crippen LogP contribution >= 0.6 is 0 Å². The summed E-state index contributed by atoms with van der Waals surface area (Å²) in [6.07, 6.45) is 0.974. The molecule has 4 rings (SSSR count). The Balaban J connectivity index is 1.69. The first kappa shape index (κ1) is 20.4. The van der Waals surface area contributed by atoms with Crippen LogP contribution in [0.25, 0.3) is 10.9 Å². The zero-order valence-electron chi connectivity index (χ0n) is 18.4. The Morgan fingerprint density at radius 1 is 1.27 bits per heavy atom. The lowest BCUT2D eigenvalue weighted by molar-refractivity contribution is 0.0197. The van der Waals surface area contributed by atoms with Gasteiger partial charge in [0.15, 0.2) is 5.82 Å². The molecule has 0 unspecified atom stereocenters. The molecule has 0 spiro atoms. The maximum absolute atomic E-state index is 13.2. The standard InChI is InChI=1S/C24H30N4O2/c1-14-7-6-8-15(2)20(14)12-25-23-22-19(16(3)17(4)26-22)11-21(27-23)24(29)28-10-9-18(28)13-30-5/h6-8,11,18,26H,9-10,12-13H2,1-5H3,(H,25,27)/t18-/m0/s1. The smallest absolute Gasteiger partial charge is 0.272 e. The molecule has 3 aromatic rings. The Morgan fingerprint density at radius 2 is 2.00 bits per heavy atom. The summed E-state index contributed by atoms with van der Waals surface area (Å²) in [6.45, 7) is 10.3. The fraction of sp³-hybridized carbons (Fsp3) is 0.417. The van der Waals surface area contributed by atoms with Crippen molar-refractivity contribution in [2.24, 2.45) is 0 Å². The number of carbonyl (C=O) groups excluding carboxylic acids is 1. The van der Waals surface area contributed by atoms with E-state index in [4.69, 9.17) is 9.72 Å². The number of aromatic nitrogens is 2. The van der Waals surface area contributed by atoms with E-state index < -0.39 is 0 Å². The lowest BCUT2D eigenvalue weighted by Gasteiger charge is -2.40. The van der Waals surface area contributed by atoms with Crippen LogP contribution in [0.4, 0.5) is 5.82 Å². The van der Waals surface area contributed by atoms with Crippen LogP contribution in [0.2, 0.25) is 0 Å². The van der Waals surface area contributed by atoms with Gasteiger partial charge in [-0.25, -0.2) is 4.98 Å². The van der Waals surface area contributed by atoms with Gasteiger partial charge in [-0.1, -0.05) is 18.2 Å². The second kappa shape index (κ2) is 8.11. The molecule has 1 fully saturated rings. The van der Waals surface area contributed by atoms with Crippen LogP contribution in [-0.4, -0.2) is 47.1 Å². The van der Waals surface area contributed by atoms with E-state index in [1.165, 1.54) is 16.7 Å². The van der Waals surface area contributed by atoms with Gasteiger partial charge in [-0.05, 0) is 62.4 Å². The van der Waals surface area contributed by atoms with Crippen molar-refractivity contribution < 1.29 is 9.53 Å². The van der Waals surface area contributed by atoms with Crippen LogP contribution in [0.3, 0.4) is 0 Å². The number of hydrogen-bond donors (Lipinski definition) is 2. The number of H-pyrrole nitrogens is 1. The molecule has 1 saturated heterocycles. The molecule has 0 bridgehead atoms. The van der Waals surface area contributed by atoms with Crippen LogP contribution in [0.5, 0.6) is 0 Å². The van der Waals surface area contributed by atoms with E-state index in [9.17, 15) is 4.79 Å². The topological polar surface area (TPSA) is 70.2 Å². The van der Waals surface area contributed by atoms with Crippen LogP contribution in [0.1, 0.15) is 44.9 Å². The molecule has 1 aliphatic rings. The van der Waals surface area contributed by atoms with Gasteiger partial charge in [-0.2, -0.15) is 0 Å². The molecule has 1 aromatic carbocycles. The Bertz CT molecular complexity index is 1080. The van der Waals surface area contributed by atoms with Crippen molar-refractivity contribution in [3.63, 3.8) is 0 Å². The number of rotatable bonds is 6. The molecule has 1 amide bonds. The van der Waals surface area contributed by atoms with Gasteiger partial charge < -0.3 is 19.9 Å². The van der Waals surface area contributed by atoms with Crippen LogP contribution < -0.4 is 5.32 Å². The second-order valence-electron chi connectivity index (χ2n) is 8.27. The maximum atomic E-state index is 13.2. The highest BCUT2D eigenvalue weighted by Gasteiger charge is 2.33. The predicted molar refractivity (Wildman–Crippen MR) is 120 cm³/mol. The number of ether oxygens (including phenoxy) is 1.